The van der Waals surface area contributed by atoms with Crippen LogP contribution in [-0.4, -0.2) is 31.8 Å². The van der Waals surface area contributed by atoms with Gasteiger partial charge in [-0.15, -0.1) is 24.0 Å². The van der Waals surface area contributed by atoms with E-state index in [0.29, 0.717) is 35.6 Å². The van der Waals surface area contributed by atoms with Crippen LogP contribution in [0.4, 0.5) is 4.39 Å². The summed E-state index contributed by atoms with van der Waals surface area (Å²) in [4.78, 5) is 4.39. The van der Waals surface area contributed by atoms with Crippen molar-refractivity contribution in [3.05, 3.63) is 35.1 Å². The van der Waals surface area contributed by atoms with E-state index in [9.17, 15) is 4.39 Å². The molecule has 2 aliphatic carbocycles. The first-order valence-corrected chi connectivity index (χ1v) is 9.48. The number of guanidine groups is 1. The van der Waals surface area contributed by atoms with Gasteiger partial charge in [-0.2, -0.15) is 0 Å². The van der Waals surface area contributed by atoms with E-state index < -0.39 is 0 Å². The molecule has 4 rings (SSSR count). The van der Waals surface area contributed by atoms with Crippen LogP contribution in [0.5, 0.6) is 0 Å². The van der Waals surface area contributed by atoms with E-state index in [2.05, 4.69) is 15.6 Å². The number of fused-ring (bicyclic) bond motifs is 2. The molecule has 2 N–H and O–H groups in total. The lowest BCUT2D eigenvalue weighted by molar-refractivity contribution is -0.125. The Balaban J connectivity index is 0.00000196. The third kappa shape index (κ3) is 3.35. The van der Waals surface area contributed by atoms with E-state index in [-0.39, 0.29) is 29.8 Å². The predicted molar refractivity (Wildman–Crippen MR) is 112 cm³/mol. The number of benzene rings is 1. The molecular formula is C20H29FIN3O. The number of nitrogens with one attached hydrogen (secondary N) is 2. The number of hydrogen-bond donors (Lipinski definition) is 2. The second kappa shape index (κ2) is 8.00. The number of aliphatic imine (C=N–C) groups is 1. The lowest BCUT2D eigenvalue weighted by Crippen LogP contribution is -2.69. The van der Waals surface area contributed by atoms with Crippen molar-refractivity contribution in [3.8, 4) is 0 Å². The van der Waals surface area contributed by atoms with Crippen LogP contribution in [0.15, 0.2) is 23.2 Å². The molecule has 3 aliphatic rings. The lowest BCUT2D eigenvalue weighted by atomic mass is 9.54. The van der Waals surface area contributed by atoms with Gasteiger partial charge in [0.1, 0.15) is 5.82 Å². The van der Waals surface area contributed by atoms with Crippen LogP contribution >= 0.6 is 24.0 Å². The SMILES string of the molecule is CN=C(NCc1ccc(C)c(F)c1)NC1C2CCOC2C12CCCC2.I. The number of aryl methyl sites for hydroxylation is 1. The minimum absolute atomic E-state index is 0. The molecule has 3 fully saturated rings. The second-order valence-electron chi connectivity index (χ2n) is 7.82. The summed E-state index contributed by atoms with van der Waals surface area (Å²) in [6.07, 6.45) is 6.71. The van der Waals surface area contributed by atoms with Crippen molar-refractivity contribution in [2.24, 2.45) is 16.3 Å². The molecule has 3 atom stereocenters. The molecule has 4 nitrogen and oxygen atoms in total. The van der Waals surface area contributed by atoms with E-state index in [0.717, 1.165) is 24.6 Å². The van der Waals surface area contributed by atoms with Crippen molar-refractivity contribution in [1.82, 2.24) is 10.6 Å². The maximum atomic E-state index is 13.7. The summed E-state index contributed by atoms with van der Waals surface area (Å²) in [5.41, 5.74) is 1.91. The van der Waals surface area contributed by atoms with Gasteiger partial charge in [0, 0.05) is 37.6 Å². The molecule has 1 aromatic carbocycles. The first kappa shape index (κ1) is 19.9. The third-order valence-electron chi connectivity index (χ3n) is 6.50. The molecule has 0 aromatic heterocycles. The van der Waals surface area contributed by atoms with Gasteiger partial charge in [0.25, 0.3) is 0 Å². The summed E-state index contributed by atoms with van der Waals surface area (Å²) in [6, 6.07) is 5.82. The fourth-order valence-corrected chi connectivity index (χ4v) is 5.18. The fraction of sp³-hybridized carbons (Fsp3) is 0.650. The smallest absolute Gasteiger partial charge is 0.191 e. The van der Waals surface area contributed by atoms with Gasteiger partial charge in [-0.25, -0.2) is 4.39 Å². The van der Waals surface area contributed by atoms with Crippen molar-refractivity contribution in [2.75, 3.05) is 13.7 Å². The first-order chi connectivity index (χ1) is 12.1. The Bertz CT molecular complexity index is 675. The Labute approximate surface area is 172 Å². The number of ether oxygens (including phenoxy) is 1. The van der Waals surface area contributed by atoms with E-state index in [1.807, 2.05) is 12.1 Å². The molecular weight excluding hydrogens is 444 g/mol. The molecule has 26 heavy (non-hydrogen) atoms. The molecule has 0 bridgehead atoms. The number of rotatable bonds is 3. The predicted octanol–water partition coefficient (Wildman–Crippen LogP) is 3.76. The zero-order chi connectivity index (χ0) is 17.4. The van der Waals surface area contributed by atoms with Crippen LogP contribution in [0.2, 0.25) is 0 Å². The molecule has 1 saturated heterocycles. The van der Waals surface area contributed by atoms with Crippen LogP contribution in [0.3, 0.4) is 0 Å². The highest BCUT2D eigenvalue weighted by Gasteiger charge is 2.65. The highest BCUT2D eigenvalue weighted by atomic mass is 127. The van der Waals surface area contributed by atoms with Gasteiger partial charge in [-0.3, -0.25) is 4.99 Å². The second-order valence-corrected chi connectivity index (χ2v) is 7.82. The average Bonchev–Trinajstić information content (AvgIpc) is 3.26. The highest BCUT2D eigenvalue weighted by Crippen LogP contribution is 2.60. The van der Waals surface area contributed by atoms with Crippen molar-refractivity contribution in [3.63, 3.8) is 0 Å². The van der Waals surface area contributed by atoms with Crippen LogP contribution in [0, 0.1) is 24.1 Å². The quantitative estimate of drug-likeness (QED) is 0.399. The summed E-state index contributed by atoms with van der Waals surface area (Å²) >= 11 is 0. The third-order valence-corrected chi connectivity index (χ3v) is 6.50. The largest absolute Gasteiger partial charge is 0.377 e. The molecule has 144 valence electrons. The van der Waals surface area contributed by atoms with Gasteiger partial charge < -0.3 is 15.4 Å². The van der Waals surface area contributed by atoms with Gasteiger partial charge in [0.2, 0.25) is 0 Å². The molecule has 0 radical (unpaired) electrons. The van der Waals surface area contributed by atoms with E-state index >= 15 is 0 Å². The van der Waals surface area contributed by atoms with Crippen molar-refractivity contribution in [1.29, 1.82) is 0 Å². The standard InChI is InChI=1S/C20H28FN3O.HI/c1-13-5-6-14(11-16(13)21)12-23-19(22-2)24-17-15-7-10-25-18(15)20(17)8-3-4-9-20;/h5-6,11,15,17-18H,3-4,7-10,12H2,1-2H3,(H2,22,23,24);1H. The van der Waals surface area contributed by atoms with Crippen molar-refractivity contribution >= 4 is 29.9 Å². The van der Waals surface area contributed by atoms with Crippen molar-refractivity contribution < 1.29 is 9.13 Å². The molecule has 1 spiro atoms. The maximum Gasteiger partial charge on any atom is 0.191 e. The van der Waals surface area contributed by atoms with Gasteiger partial charge in [0.05, 0.1) is 6.10 Å². The Hall–Kier alpha value is -0.890. The summed E-state index contributed by atoms with van der Waals surface area (Å²) in [7, 11) is 1.80. The Morgan fingerprint density at radius 2 is 2.12 bits per heavy atom. The van der Waals surface area contributed by atoms with E-state index in [4.69, 9.17) is 4.74 Å². The number of halogens is 2. The fourth-order valence-electron chi connectivity index (χ4n) is 5.18. The average molecular weight is 473 g/mol. The highest BCUT2D eigenvalue weighted by molar-refractivity contribution is 14.0. The van der Waals surface area contributed by atoms with Crippen LogP contribution < -0.4 is 10.6 Å². The topological polar surface area (TPSA) is 45.7 Å². The van der Waals surface area contributed by atoms with Gasteiger partial charge in [0.15, 0.2) is 5.96 Å². The van der Waals surface area contributed by atoms with Crippen LogP contribution in [0.1, 0.15) is 43.2 Å². The molecule has 2 saturated carbocycles. The zero-order valence-electron chi connectivity index (χ0n) is 15.6. The minimum Gasteiger partial charge on any atom is -0.377 e. The Kier molecular flexibility index (Phi) is 6.11. The summed E-state index contributed by atoms with van der Waals surface area (Å²) < 4.78 is 19.8. The molecule has 6 heteroatoms. The van der Waals surface area contributed by atoms with Crippen LogP contribution in [-0.2, 0) is 11.3 Å². The normalized spacial score (nSPS) is 29.0. The van der Waals surface area contributed by atoms with E-state index in [1.54, 1.807) is 20.0 Å². The van der Waals surface area contributed by atoms with Gasteiger partial charge >= 0.3 is 0 Å². The number of hydrogen-bond acceptors (Lipinski definition) is 2. The lowest BCUT2D eigenvalue weighted by Gasteiger charge is -2.57. The summed E-state index contributed by atoms with van der Waals surface area (Å²) in [5.74, 6) is 1.26. The molecule has 1 aliphatic heterocycles. The summed E-state index contributed by atoms with van der Waals surface area (Å²) in [5, 5.41) is 7.02. The van der Waals surface area contributed by atoms with Gasteiger partial charge in [-0.1, -0.05) is 25.0 Å². The molecule has 0 amide bonds. The Morgan fingerprint density at radius 3 is 2.81 bits per heavy atom. The minimum atomic E-state index is -0.155. The van der Waals surface area contributed by atoms with E-state index in [1.165, 1.54) is 25.7 Å². The first-order valence-electron chi connectivity index (χ1n) is 9.48. The van der Waals surface area contributed by atoms with Gasteiger partial charge in [-0.05, 0) is 43.4 Å². The zero-order valence-corrected chi connectivity index (χ0v) is 17.9. The number of nitrogens with zero attached hydrogens (tertiary/aromatic N) is 1. The molecule has 3 unspecified atom stereocenters. The molecule has 1 heterocycles. The van der Waals surface area contributed by atoms with Crippen molar-refractivity contribution in [2.45, 2.75) is 57.7 Å². The molecule has 1 aromatic rings. The maximum absolute atomic E-state index is 13.7. The monoisotopic (exact) mass is 473 g/mol. The Morgan fingerprint density at radius 1 is 1.35 bits per heavy atom. The summed E-state index contributed by atoms with van der Waals surface area (Å²) in [6.45, 7) is 3.25. The van der Waals surface area contributed by atoms with Crippen LogP contribution in [0.25, 0.3) is 0 Å².